The number of unbranched alkanes of at least 4 members (excludes halogenated alkanes) is 2. The standard InChI is InChI=1S/C17H29N/c1-5-15-10-12-16(13-11-15)9-7-6-8-14-18-17(2,3)4/h10-13,18H,5-9,14H2,1-4H3. The molecule has 102 valence electrons. The highest BCUT2D eigenvalue weighted by Gasteiger charge is 2.06. The third kappa shape index (κ3) is 6.80. The number of benzene rings is 1. The van der Waals surface area contributed by atoms with Crippen LogP contribution in [-0.2, 0) is 12.8 Å². The van der Waals surface area contributed by atoms with Crippen LogP contribution in [0.15, 0.2) is 24.3 Å². The van der Waals surface area contributed by atoms with Crippen LogP contribution >= 0.6 is 0 Å². The molecule has 0 radical (unpaired) electrons. The van der Waals surface area contributed by atoms with Crippen LogP contribution in [0, 0.1) is 0 Å². The van der Waals surface area contributed by atoms with Crippen LogP contribution in [0.3, 0.4) is 0 Å². The van der Waals surface area contributed by atoms with Gasteiger partial charge in [0.1, 0.15) is 0 Å². The summed E-state index contributed by atoms with van der Waals surface area (Å²) in [4.78, 5) is 0. The second-order valence-electron chi connectivity index (χ2n) is 6.16. The highest BCUT2D eigenvalue weighted by atomic mass is 14.9. The van der Waals surface area contributed by atoms with E-state index in [2.05, 4.69) is 57.3 Å². The molecule has 0 heterocycles. The van der Waals surface area contributed by atoms with Crippen molar-refractivity contribution in [3.05, 3.63) is 35.4 Å². The summed E-state index contributed by atoms with van der Waals surface area (Å²) in [6, 6.07) is 9.09. The highest BCUT2D eigenvalue weighted by Crippen LogP contribution is 2.09. The second-order valence-corrected chi connectivity index (χ2v) is 6.16. The maximum Gasteiger partial charge on any atom is 0.00965 e. The molecule has 18 heavy (non-hydrogen) atoms. The summed E-state index contributed by atoms with van der Waals surface area (Å²) >= 11 is 0. The van der Waals surface area contributed by atoms with Crippen LogP contribution < -0.4 is 5.32 Å². The van der Waals surface area contributed by atoms with E-state index in [1.807, 2.05) is 0 Å². The van der Waals surface area contributed by atoms with Crippen molar-refractivity contribution < 1.29 is 0 Å². The van der Waals surface area contributed by atoms with Crippen molar-refractivity contribution in [3.63, 3.8) is 0 Å². The number of rotatable bonds is 7. The van der Waals surface area contributed by atoms with E-state index in [0.717, 1.165) is 13.0 Å². The van der Waals surface area contributed by atoms with Crippen molar-refractivity contribution in [1.82, 2.24) is 5.32 Å². The maximum absolute atomic E-state index is 3.54. The van der Waals surface area contributed by atoms with Gasteiger partial charge in [0, 0.05) is 5.54 Å². The zero-order valence-corrected chi connectivity index (χ0v) is 12.6. The first-order valence-corrected chi connectivity index (χ1v) is 7.34. The molecule has 0 spiro atoms. The Labute approximate surface area is 113 Å². The van der Waals surface area contributed by atoms with E-state index in [1.165, 1.54) is 36.8 Å². The summed E-state index contributed by atoms with van der Waals surface area (Å²) in [7, 11) is 0. The number of hydrogen-bond donors (Lipinski definition) is 1. The molecule has 1 rings (SSSR count). The smallest absolute Gasteiger partial charge is 0.00965 e. The Morgan fingerprint density at radius 2 is 1.50 bits per heavy atom. The number of hydrogen-bond acceptors (Lipinski definition) is 1. The maximum atomic E-state index is 3.54. The molecule has 1 N–H and O–H groups in total. The van der Waals surface area contributed by atoms with Gasteiger partial charge in [-0.2, -0.15) is 0 Å². The molecule has 0 aliphatic heterocycles. The summed E-state index contributed by atoms with van der Waals surface area (Å²) in [5, 5.41) is 3.54. The van der Waals surface area contributed by atoms with Gasteiger partial charge in [-0.15, -0.1) is 0 Å². The molecule has 0 aliphatic rings. The summed E-state index contributed by atoms with van der Waals surface area (Å²) < 4.78 is 0. The molecule has 1 aromatic carbocycles. The SMILES string of the molecule is CCc1ccc(CCCCCNC(C)(C)C)cc1. The monoisotopic (exact) mass is 247 g/mol. The molecule has 0 unspecified atom stereocenters. The van der Waals surface area contributed by atoms with Gasteiger partial charge >= 0.3 is 0 Å². The minimum atomic E-state index is 0.260. The summed E-state index contributed by atoms with van der Waals surface area (Å²) in [5.74, 6) is 0. The molecule has 0 fully saturated rings. The van der Waals surface area contributed by atoms with E-state index in [9.17, 15) is 0 Å². The Balaban J connectivity index is 2.10. The fraction of sp³-hybridized carbons (Fsp3) is 0.647. The third-order valence-electron chi connectivity index (χ3n) is 3.23. The van der Waals surface area contributed by atoms with Crippen molar-refractivity contribution >= 4 is 0 Å². The van der Waals surface area contributed by atoms with E-state index < -0.39 is 0 Å². The first kappa shape index (κ1) is 15.2. The Hall–Kier alpha value is -0.820. The zero-order chi connectivity index (χ0) is 13.4. The summed E-state index contributed by atoms with van der Waals surface area (Å²) in [6.45, 7) is 10.0. The van der Waals surface area contributed by atoms with E-state index >= 15 is 0 Å². The molecule has 0 amide bonds. The van der Waals surface area contributed by atoms with E-state index in [-0.39, 0.29) is 5.54 Å². The van der Waals surface area contributed by atoms with Gasteiger partial charge in [0.2, 0.25) is 0 Å². The van der Waals surface area contributed by atoms with Gasteiger partial charge in [0.25, 0.3) is 0 Å². The molecule has 1 nitrogen and oxygen atoms in total. The lowest BCUT2D eigenvalue weighted by Gasteiger charge is -2.20. The third-order valence-corrected chi connectivity index (χ3v) is 3.23. The average Bonchev–Trinajstić information content (AvgIpc) is 2.33. The van der Waals surface area contributed by atoms with Gasteiger partial charge in [0.05, 0.1) is 0 Å². The van der Waals surface area contributed by atoms with Crippen molar-refractivity contribution in [1.29, 1.82) is 0 Å². The topological polar surface area (TPSA) is 12.0 Å². The van der Waals surface area contributed by atoms with Crippen LogP contribution in [0.4, 0.5) is 0 Å². The minimum Gasteiger partial charge on any atom is -0.312 e. The van der Waals surface area contributed by atoms with Crippen LogP contribution in [0.25, 0.3) is 0 Å². The van der Waals surface area contributed by atoms with E-state index in [4.69, 9.17) is 0 Å². The highest BCUT2D eigenvalue weighted by molar-refractivity contribution is 5.22. The number of aryl methyl sites for hydroxylation is 2. The van der Waals surface area contributed by atoms with Gasteiger partial charge in [-0.05, 0) is 64.1 Å². The predicted octanol–water partition coefficient (Wildman–Crippen LogP) is 4.35. The molecule has 0 aromatic heterocycles. The lowest BCUT2D eigenvalue weighted by atomic mass is 10.0. The molecular formula is C17H29N. The second kappa shape index (κ2) is 7.58. The quantitative estimate of drug-likeness (QED) is 0.706. The largest absolute Gasteiger partial charge is 0.312 e. The fourth-order valence-corrected chi connectivity index (χ4v) is 2.04. The minimum absolute atomic E-state index is 0.260. The summed E-state index contributed by atoms with van der Waals surface area (Å²) in [5.41, 5.74) is 3.18. The Morgan fingerprint density at radius 1 is 0.889 bits per heavy atom. The Morgan fingerprint density at radius 3 is 2.06 bits per heavy atom. The summed E-state index contributed by atoms with van der Waals surface area (Å²) in [6.07, 6.45) is 6.26. The van der Waals surface area contributed by atoms with Crippen molar-refractivity contribution in [2.24, 2.45) is 0 Å². The molecular weight excluding hydrogens is 218 g/mol. The van der Waals surface area contributed by atoms with Gasteiger partial charge in [-0.25, -0.2) is 0 Å². The number of nitrogens with one attached hydrogen (secondary N) is 1. The van der Waals surface area contributed by atoms with Gasteiger partial charge in [0.15, 0.2) is 0 Å². The lowest BCUT2D eigenvalue weighted by Crippen LogP contribution is -2.36. The molecule has 0 saturated heterocycles. The Bertz CT molecular complexity index is 318. The lowest BCUT2D eigenvalue weighted by molar-refractivity contribution is 0.417. The van der Waals surface area contributed by atoms with Gasteiger partial charge in [-0.1, -0.05) is 37.6 Å². The average molecular weight is 247 g/mol. The van der Waals surface area contributed by atoms with Crippen molar-refractivity contribution in [3.8, 4) is 0 Å². The van der Waals surface area contributed by atoms with Gasteiger partial charge < -0.3 is 5.32 Å². The molecule has 0 bridgehead atoms. The molecule has 0 saturated carbocycles. The molecule has 0 aliphatic carbocycles. The first-order chi connectivity index (χ1) is 8.51. The Kier molecular flexibility index (Phi) is 6.42. The van der Waals surface area contributed by atoms with Crippen LogP contribution in [-0.4, -0.2) is 12.1 Å². The van der Waals surface area contributed by atoms with Crippen molar-refractivity contribution in [2.75, 3.05) is 6.54 Å². The van der Waals surface area contributed by atoms with E-state index in [0.29, 0.717) is 0 Å². The fourth-order valence-electron chi connectivity index (χ4n) is 2.04. The molecule has 1 aromatic rings. The van der Waals surface area contributed by atoms with Gasteiger partial charge in [-0.3, -0.25) is 0 Å². The molecule has 1 heteroatoms. The predicted molar refractivity (Wildman–Crippen MR) is 81.1 cm³/mol. The van der Waals surface area contributed by atoms with Crippen LogP contribution in [0.1, 0.15) is 58.1 Å². The van der Waals surface area contributed by atoms with Crippen LogP contribution in [0.2, 0.25) is 0 Å². The van der Waals surface area contributed by atoms with Crippen molar-refractivity contribution in [2.45, 2.75) is 65.3 Å². The molecule has 0 atom stereocenters. The van der Waals surface area contributed by atoms with Crippen LogP contribution in [0.5, 0.6) is 0 Å². The normalized spacial score (nSPS) is 11.8. The zero-order valence-electron chi connectivity index (χ0n) is 12.6. The first-order valence-electron chi connectivity index (χ1n) is 7.34. The van der Waals surface area contributed by atoms with E-state index in [1.54, 1.807) is 0 Å².